The van der Waals surface area contributed by atoms with Crippen molar-refractivity contribution < 1.29 is 9.47 Å². The summed E-state index contributed by atoms with van der Waals surface area (Å²) in [5.41, 5.74) is 0. The van der Waals surface area contributed by atoms with E-state index in [4.69, 9.17) is 9.47 Å². The molecule has 0 aromatic rings. The summed E-state index contributed by atoms with van der Waals surface area (Å²) in [4.78, 5) is 0. The number of hydrogen-bond donors (Lipinski definition) is 1. The summed E-state index contributed by atoms with van der Waals surface area (Å²) in [5, 5.41) is 3.42. The molecule has 0 aliphatic heterocycles. The van der Waals surface area contributed by atoms with Crippen LogP contribution in [0.2, 0.25) is 0 Å². The van der Waals surface area contributed by atoms with E-state index >= 15 is 0 Å². The zero-order chi connectivity index (χ0) is 10.6. The van der Waals surface area contributed by atoms with Crippen LogP contribution in [0.5, 0.6) is 0 Å². The van der Waals surface area contributed by atoms with Gasteiger partial charge in [-0.25, -0.2) is 0 Å². The average Bonchev–Trinajstić information content (AvgIpc) is 2.17. The zero-order valence-corrected chi connectivity index (χ0v) is 9.84. The zero-order valence-electron chi connectivity index (χ0n) is 9.84. The van der Waals surface area contributed by atoms with Gasteiger partial charge in [0.25, 0.3) is 0 Å². The van der Waals surface area contributed by atoms with Crippen LogP contribution in [0.25, 0.3) is 0 Å². The van der Waals surface area contributed by atoms with E-state index in [9.17, 15) is 0 Å². The molecule has 14 heavy (non-hydrogen) atoms. The Morgan fingerprint density at radius 2 is 2.00 bits per heavy atom. The van der Waals surface area contributed by atoms with Crippen LogP contribution >= 0.6 is 0 Å². The van der Waals surface area contributed by atoms with Crippen molar-refractivity contribution in [2.24, 2.45) is 0 Å². The lowest BCUT2D eigenvalue weighted by Gasteiger charge is -2.12. The Balaban J connectivity index is 2.98. The Morgan fingerprint density at radius 3 is 2.64 bits per heavy atom. The first-order chi connectivity index (χ1) is 6.81. The molecule has 1 N–H and O–H groups in total. The van der Waals surface area contributed by atoms with Crippen LogP contribution in [0.4, 0.5) is 0 Å². The maximum absolute atomic E-state index is 5.42. The molecule has 0 fully saturated rings. The van der Waals surface area contributed by atoms with E-state index in [1.165, 1.54) is 12.8 Å². The summed E-state index contributed by atoms with van der Waals surface area (Å²) in [6, 6.07) is 0.613. The van der Waals surface area contributed by atoms with Gasteiger partial charge in [0.2, 0.25) is 0 Å². The highest BCUT2D eigenvalue weighted by Gasteiger charge is 1.97. The fourth-order valence-electron chi connectivity index (χ4n) is 1.32. The van der Waals surface area contributed by atoms with Crippen molar-refractivity contribution in [1.82, 2.24) is 5.32 Å². The van der Waals surface area contributed by atoms with Crippen molar-refractivity contribution in [3.8, 4) is 0 Å². The van der Waals surface area contributed by atoms with Crippen molar-refractivity contribution in [2.45, 2.75) is 39.2 Å². The van der Waals surface area contributed by atoms with E-state index in [0.717, 1.165) is 32.8 Å². The van der Waals surface area contributed by atoms with Gasteiger partial charge in [0.15, 0.2) is 0 Å². The fraction of sp³-hybridized carbons (Fsp3) is 1.00. The molecule has 0 aromatic heterocycles. The summed E-state index contributed by atoms with van der Waals surface area (Å²) < 4.78 is 10.3. The van der Waals surface area contributed by atoms with Gasteiger partial charge in [-0.05, 0) is 19.8 Å². The van der Waals surface area contributed by atoms with Gasteiger partial charge in [-0.3, -0.25) is 0 Å². The van der Waals surface area contributed by atoms with Crippen LogP contribution < -0.4 is 5.32 Å². The van der Waals surface area contributed by atoms with E-state index < -0.39 is 0 Å². The highest BCUT2D eigenvalue weighted by atomic mass is 16.5. The van der Waals surface area contributed by atoms with Crippen molar-refractivity contribution in [1.29, 1.82) is 0 Å². The molecular formula is C11H25NO2. The van der Waals surface area contributed by atoms with Crippen LogP contribution in [-0.2, 0) is 9.47 Å². The van der Waals surface area contributed by atoms with Gasteiger partial charge in [0, 0.05) is 32.9 Å². The fourth-order valence-corrected chi connectivity index (χ4v) is 1.32. The molecule has 0 bridgehead atoms. The first-order valence-electron chi connectivity index (χ1n) is 5.61. The standard InChI is InChI=1S/C11H25NO2/c1-4-6-11(2)12-7-10-14-9-5-8-13-3/h11-12H,4-10H2,1-3H3. The molecule has 0 saturated heterocycles. The van der Waals surface area contributed by atoms with Crippen LogP contribution in [0.1, 0.15) is 33.1 Å². The molecule has 3 nitrogen and oxygen atoms in total. The molecule has 0 saturated carbocycles. The lowest BCUT2D eigenvalue weighted by molar-refractivity contribution is 0.103. The second kappa shape index (κ2) is 11.0. The van der Waals surface area contributed by atoms with Gasteiger partial charge in [-0.2, -0.15) is 0 Å². The van der Waals surface area contributed by atoms with Crippen LogP contribution in [0, 0.1) is 0 Å². The van der Waals surface area contributed by atoms with Crippen molar-refractivity contribution in [3.05, 3.63) is 0 Å². The molecule has 0 aliphatic rings. The molecule has 0 spiro atoms. The van der Waals surface area contributed by atoms with E-state index in [1.807, 2.05) is 0 Å². The van der Waals surface area contributed by atoms with Crippen LogP contribution in [-0.4, -0.2) is 39.5 Å². The maximum atomic E-state index is 5.42. The van der Waals surface area contributed by atoms with Crippen LogP contribution in [0.3, 0.4) is 0 Å². The molecule has 0 heterocycles. The summed E-state index contributed by atoms with van der Waals surface area (Å²) in [5.74, 6) is 0. The molecule has 0 rings (SSSR count). The Hall–Kier alpha value is -0.120. The number of rotatable bonds is 10. The molecule has 0 radical (unpaired) electrons. The molecule has 0 aromatic carbocycles. The highest BCUT2D eigenvalue weighted by Crippen LogP contribution is 1.93. The second-order valence-corrected chi connectivity index (χ2v) is 3.60. The lowest BCUT2D eigenvalue weighted by atomic mass is 10.2. The summed E-state index contributed by atoms with van der Waals surface area (Å²) in [7, 11) is 1.72. The summed E-state index contributed by atoms with van der Waals surface area (Å²) >= 11 is 0. The topological polar surface area (TPSA) is 30.5 Å². The smallest absolute Gasteiger partial charge is 0.0591 e. The minimum atomic E-state index is 0.613. The maximum Gasteiger partial charge on any atom is 0.0591 e. The SMILES string of the molecule is CCCC(C)NCCOCCCOC. The number of ether oxygens (including phenoxy) is 2. The Kier molecular flexibility index (Phi) is 10.9. The first-order valence-corrected chi connectivity index (χ1v) is 5.61. The Bertz CT molecular complexity index is 109. The van der Waals surface area contributed by atoms with Gasteiger partial charge >= 0.3 is 0 Å². The normalized spacial score (nSPS) is 13.1. The third-order valence-corrected chi connectivity index (χ3v) is 2.10. The highest BCUT2D eigenvalue weighted by molar-refractivity contribution is 4.58. The lowest BCUT2D eigenvalue weighted by Crippen LogP contribution is -2.29. The van der Waals surface area contributed by atoms with E-state index in [-0.39, 0.29) is 0 Å². The molecule has 1 atom stereocenters. The second-order valence-electron chi connectivity index (χ2n) is 3.60. The molecule has 0 aliphatic carbocycles. The van der Waals surface area contributed by atoms with E-state index in [0.29, 0.717) is 6.04 Å². The quantitative estimate of drug-likeness (QED) is 0.549. The van der Waals surface area contributed by atoms with Gasteiger partial charge in [0.1, 0.15) is 0 Å². The number of methoxy groups -OCH3 is 1. The van der Waals surface area contributed by atoms with Crippen molar-refractivity contribution in [2.75, 3.05) is 33.5 Å². The predicted octanol–water partition coefficient (Wildman–Crippen LogP) is 1.82. The summed E-state index contributed by atoms with van der Waals surface area (Å²) in [6.45, 7) is 7.77. The van der Waals surface area contributed by atoms with Crippen LogP contribution in [0.15, 0.2) is 0 Å². The monoisotopic (exact) mass is 203 g/mol. The predicted molar refractivity (Wildman–Crippen MR) is 59.7 cm³/mol. The van der Waals surface area contributed by atoms with Gasteiger partial charge in [-0.15, -0.1) is 0 Å². The van der Waals surface area contributed by atoms with Gasteiger partial charge < -0.3 is 14.8 Å². The molecule has 86 valence electrons. The molecular weight excluding hydrogens is 178 g/mol. The Labute approximate surface area is 88.2 Å². The van der Waals surface area contributed by atoms with E-state index in [2.05, 4.69) is 19.2 Å². The third kappa shape index (κ3) is 9.96. The number of nitrogens with one attached hydrogen (secondary N) is 1. The molecule has 3 heteroatoms. The third-order valence-electron chi connectivity index (χ3n) is 2.10. The summed E-state index contributed by atoms with van der Waals surface area (Å²) in [6.07, 6.45) is 3.47. The van der Waals surface area contributed by atoms with E-state index in [1.54, 1.807) is 7.11 Å². The number of hydrogen-bond acceptors (Lipinski definition) is 3. The largest absolute Gasteiger partial charge is 0.385 e. The minimum Gasteiger partial charge on any atom is -0.385 e. The first kappa shape index (κ1) is 13.9. The van der Waals surface area contributed by atoms with Gasteiger partial charge in [-0.1, -0.05) is 13.3 Å². The van der Waals surface area contributed by atoms with Crippen molar-refractivity contribution in [3.63, 3.8) is 0 Å². The molecule has 1 unspecified atom stereocenters. The Morgan fingerprint density at radius 1 is 1.21 bits per heavy atom. The van der Waals surface area contributed by atoms with Gasteiger partial charge in [0.05, 0.1) is 6.61 Å². The minimum absolute atomic E-state index is 0.613. The average molecular weight is 203 g/mol. The molecule has 0 amide bonds. The van der Waals surface area contributed by atoms with Crippen molar-refractivity contribution >= 4 is 0 Å².